The van der Waals surface area contributed by atoms with Crippen LogP contribution in [0, 0.1) is 0 Å². The van der Waals surface area contributed by atoms with E-state index in [4.69, 9.17) is 18.9 Å². The number of benzene rings is 2. The van der Waals surface area contributed by atoms with Crippen LogP contribution >= 0.6 is 0 Å². The number of hydrogen-bond donors (Lipinski definition) is 2. The van der Waals surface area contributed by atoms with Crippen LogP contribution in [-0.4, -0.2) is 43.4 Å². The second kappa shape index (κ2) is 8.01. The van der Waals surface area contributed by atoms with Gasteiger partial charge in [-0.1, -0.05) is 12.1 Å². The van der Waals surface area contributed by atoms with Crippen LogP contribution in [0.3, 0.4) is 0 Å². The average molecular weight is 372 g/mol. The molecule has 2 aromatic carbocycles. The van der Waals surface area contributed by atoms with Gasteiger partial charge in [0.2, 0.25) is 5.75 Å². The van der Waals surface area contributed by atoms with Crippen molar-refractivity contribution >= 4 is 12.4 Å². The number of aliphatic hydroxyl groups excluding tert-OH is 1. The van der Waals surface area contributed by atoms with Gasteiger partial charge in [0.1, 0.15) is 6.29 Å². The monoisotopic (exact) mass is 372 g/mol. The van der Waals surface area contributed by atoms with Crippen LogP contribution < -0.4 is 18.9 Å². The Kier molecular flexibility index (Phi) is 5.52. The van der Waals surface area contributed by atoms with Crippen LogP contribution in [0.15, 0.2) is 36.4 Å². The molecule has 0 fully saturated rings. The number of ether oxygens (including phenoxy) is 4. The summed E-state index contributed by atoms with van der Waals surface area (Å²) >= 11 is 0. The number of methoxy groups -OCH3 is 2. The van der Waals surface area contributed by atoms with Crippen molar-refractivity contribution in [2.45, 2.75) is 12.2 Å². The maximum absolute atomic E-state index is 10.6. The molecule has 2 N–H and O–H groups in total. The van der Waals surface area contributed by atoms with Crippen molar-refractivity contribution < 1.29 is 34.0 Å². The van der Waals surface area contributed by atoms with E-state index in [-0.39, 0.29) is 12.4 Å². The lowest BCUT2D eigenvalue weighted by Gasteiger charge is -2.34. The Morgan fingerprint density at radius 3 is 2.56 bits per heavy atom. The molecule has 1 aliphatic rings. The Bertz CT molecular complexity index is 860. The van der Waals surface area contributed by atoms with E-state index in [9.17, 15) is 15.0 Å². The molecule has 0 saturated carbocycles. The van der Waals surface area contributed by atoms with E-state index in [0.717, 1.165) is 0 Å². The number of allylic oxidation sites excluding steroid dienone is 1. The highest BCUT2D eigenvalue weighted by atomic mass is 16.6. The molecule has 0 amide bonds. The van der Waals surface area contributed by atoms with Crippen LogP contribution in [0.1, 0.15) is 17.2 Å². The van der Waals surface area contributed by atoms with E-state index in [1.54, 1.807) is 30.3 Å². The lowest BCUT2D eigenvalue weighted by Crippen LogP contribution is -2.36. The maximum atomic E-state index is 10.6. The largest absolute Gasteiger partial charge is 0.504 e. The number of fused-ring (bicyclic) bond motifs is 1. The van der Waals surface area contributed by atoms with Crippen LogP contribution in [0.2, 0.25) is 0 Å². The fourth-order valence-electron chi connectivity index (χ4n) is 2.91. The molecule has 3 rings (SSSR count). The molecule has 7 heteroatoms. The van der Waals surface area contributed by atoms with Crippen molar-refractivity contribution in [3.63, 3.8) is 0 Å². The first kappa shape index (κ1) is 18.6. The zero-order chi connectivity index (χ0) is 19.4. The number of aromatic hydroxyl groups is 1. The predicted molar refractivity (Wildman–Crippen MR) is 97.6 cm³/mol. The molecule has 0 aromatic heterocycles. The fraction of sp³-hybridized carbons (Fsp3) is 0.250. The van der Waals surface area contributed by atoms with E-state index in [2.05, 4.69) is 0 Å². The van der Waals surface area contributed by atoms with E-state index < -0.39 is 12.2 Å². The zero-order valence-electron chi connectivity index (χ0n) is 14.9. The van der Waals surface area contributed by atoms with E-state index in [1.807, 2.05) is 0 Å². The van der Waals surface area contributed by atoms with Gasteiger partial charge < -0.3 is 29.2 Å². The number of aldehydes is 1. The first-order valence-corrected chi connectivity index (χ1v) is 8.26. The van der Waals surface area contributed by atoms with Gasteiger partial charge in [-0.15, -0.1) is 0 Å². The highest BCUT2D eigenvalue weighted by Crippen LogP contribution is 2.47. The molecule has 1 aliphatic heterocycles. The molecule has 0 bridgehead atoms. The third-order valence-electron chi connectivity index (χ3n) is 4.20. The van der Waals surface area contributed by atoms with Gasteiger partial charge in [0, 0.05) is 5.56 Å². The molecule has 0 aliphatic carbocycles. The number of phenols is 1. The summed E-state index contributed by atoms with van der Waals surface area (Å²) in [6, 6.07) is 8.22. The Balaban J connectivity index is 2.03. The molecular formula is C20H20O7. The summed E-state index contributed by atoms with van der Waals surface area (Å²) < 4.78 is 22.5. The number of carbonyl (C=O) groups excluding carboxylic acids is 1. The van der Waals surface area contributed by atoms with Crippen LogP contribution in [-0.2, 0) is 4.79 Å². The third kappa shape index (κ3) is 3.68. The summed E-state index contributed by atoms with van der Waals surface area (Å²) in [6.07, 6.45) is 2.35. The smallest absolute Gasteiger partial charge is 0.204 e. The number of phenolic OH excluding ortho intramolecular Hbond substituents is 1. The summed E-state index contributed by atoms with van der Waals surface area (Å²) in [6.45, 7) is -0.288. The van der Waals surface area contributed by atoms with Gasteiger partial charge in [0.25, 0.3) is 0 Å². The minimum atomic E-state index is -0.683. The molecular weight excluding hydrogens is 352 g/mol. The fourth-order valence-corrected chi connectivity index (χ4v) is 2.91. The Morgan fingerprint density at radius 2 is 1.89 bits per heavy atom. The molecule has 0 unspecified atom stereocenters. The van der Waals surface area contributed by atoms with Crippen molar-refractivity contribution in [1.29, 1.82) is 0 Å². The summed E-state index contributed by atoms with van der Waals surface area (Å²) in [7, 11) is 2.95. The Labute approximate surface area is 156 Å². The second-order valence-corrected chi connectivity index (χ2v) is 5.85. The Morgan fingerprint density at radius 1 is 1.11 bits per heavy atom. The van der Waals surface area contributed by atoms with Crippen LogP contribution in [0.5, 0.6) is 28.7 Å². The number of hydrogen-bond acceptors (Lipinski definition) is 7. The Hall–Kier alpha value is -3.19. The van der Waals surface area contributed by atoms with Crippen LogP contribution in [0.4, 0.5) is 0 Å². The van der Waals surface area contributed by atoms with Gasteiger partial charge in [0.05, 0.1) is 20.8 Å². The standard InChI is InChI=1S/C20H20O7/c1-24-15-10-13(5-6-14(15)23)19-18(11-22)27-20-16(25-2)8-12(4-3-7-21)9-17(20)26-19/h3-10,18-19,22-23H,11H2,1-2H3/b4-3+/t18-,19-/m0/s1. The second-order valence-electron chi connectivity index (χ2n) is 5.85. The number of aliphatic hydroxyl groups is 1. The van der Waals surface area contributed by atoms with Crippen LogP contribution in [0.25, 0.3) is 6.08 Å². The summed E-state index contributed by atoms with van der Waals surface area (Å²) in [5, 5.41) is 19.6. The van der Waals surface area contributed by atoms with Gasteiger partial charge in [-0.2, -0.15) is 0 Å². The van der Waals surface area contributed by atoms with Crippen molar-refractivity contribution in [1.82, 2.24) is 0 Å². The van der Waals surface area contributed by atoms with Gasteiger partial charge in [-0.3, -0.25) is 4.79 Å². The number of carbonyl (C=O) groups is 1. The lowest BCUT2D eigenvalue weighted by atomic mass is 10.0. The van der Waals surface area contributed by atoms with E-state index in [0.29, 0.717) is 40.4 Å². The van der Waals surface area contributed by atoms with Crippen molar-refractivity contribution in [2.75, 3.05) is 20.8 Å². The lowest BCUT2D eigenvalue weighted by molar-refractivity contribution is -0.104. The van der Waals surface area contributed by atoms with Gasteiger partial charge >= 0.3 is 0 Å². The first-order valence-electron chi connectivity index (χ1n) is 8.26. The molecule has 1 heterocycles. The third-order valence-corrected chi connectivity index (χ3v) is 4.20. The normalized spacial score (nSPS) is 18.3. The molecule has 0 radical (unpaired) electrons. The van der Waals surface area contributed by atoms with Crippen molar-refractivity contribution in [3.8, 4) is 28.7 Å². The molecule has 142 valence electrons. The maximum Gasteiger partial charge on any atom is 0.204 e. The molecule has 2 aromatic rings. The average Bonchev–Trinajstić information content (AvgIpc) is 2.70. The highest BCUT2D eigenvalue weighted by Gasteiger charge is 2.35. The minimum Gasteiger partial charge on any atom is -0.504 e. The van der Waals surface area contributed by atoms with Crippen molar-refractivity contribution in [3.05, 3.63) is 47.5 Å². The van der Waals surface area contributed by atoms with Gasteiger partial charge in [-0.05, 0) is 35.9 Å². The molecule has 7 nitrogen and oxygen atoms in total. The minimum absolute atomic E-state index is 0.00174. The molecule has 0 saturated heterocycles. The SMILES string of the molecule is COc1cc([C@@H]2Oc3cc(/C=C/C=O)cc(OC)c3O[C@H]2CO)ccc1O. The first-order chi connectivity index (χ1) is 13.1. The quantitative estimate of drug-likeness (QED) is 0.594. The summed E-state index contributed by atoms with van der Waals surface area (Å²) in [5.41, 5.74) is 1.37. The highest BCUT2D eigenvalue weighted by molar-refractivity contribution is 5.75. The molecule has 27 heavy (non-hydrogen) atoms. The predicted octanol–water partition coefficient (Wildman–Crippen LogP) is 2.49. The van der Waals surface area contributed by atoms with Gasteiger partial charge in [-0.25, -0.2) is 0 Å². The van der Waals surface area contributed by atoms with E-state index in [1.165, 1.54) is 26.4 Å². The van der Waals surface area contributed by atoms with Gasteiger partial charge in [0.15, 0.2) is 35.2 Å². The topological polar surface area (TPSA) is 94.5 Å². The summed E-state index contributed by atoms with van der Waals surface area (Å²) in [5.74, 6) is 1.52. The number of rotatable bonds is 6. The molecule has 0 spiro atoms. The summed E-state index contributed by atoms with van der Waals surface area (Å²) in [4.78, 5) is 10.6. The van der Waals surface area contributed by atoms with Crippen molar-refractivity contribution in [2.24, 2.45) is 0 Å². The molecule has 2 atom stereocenters. The van der Waals surface area contributed by atoms with E-state index >= 15 is 0 Å². The zero-order valence-corrected chi connectivity index (χ0v) is 14.9.